The minimum absolute atomic E-state index is 0.0324. The SMILES string of the molecule is CCN(CC)C(=O)COC(C=O)N1CCC(N2CCN(C(=O)C(Cc3cc(Cl)c(N)c(C(F)(F)F)c3)OC(=O)N3CCC(N4CCc5ccccc5NC4=O)CC3)CC2)CC1. The number of piperidine rings is 2. The van der Waals surface area contributed by atoms with Crippen molar-refractivity contribution < 1.29 is 46.6 Å². The molecule has 15 nitrogen and oxygen atoms in total. The van der Waals surface area contributed by atoms with Crippen LogP contribution in [0.3, 0.4) is 0 Å². The highest BCUT2D eigenvalue weighted by atomic mass is 35.5. The molecule has 2 unspecified atom stereocenters. The standard InChI is InChI=1S/C42H56ClF3N8O7/c1-3-49(4-2)36(56)27-60-37(26-55)51-14-10-30(11-15-51)50-19-21-52(22-20-50)39(57)35(25-28-23-32(42(44,45)46)38(47)33(43)24-28)61-41(59)53-16-12-31(13-17-53)54-18-9-29-7-5-6-8-34(29)48-40(54)58/h5-8,23-24,26,30-31,35,37H,3-4,9-22,25,27,47H2,1-2H3,(H,48,58). The summed E-state index contributed by atoms with van der Waals surface area (Å²) in [6.45, 7) is 8.47. The number of carbonyl (C=O) groups is 5. The third-order valence-corrected chi connectivity index (χ3v) is 12.7. The van der Waals surface area contributed by atoms with Gasteiger partial charge < -0.3 is 40.1 Å². The highest BCUT2D eigenvalue weighted by Gasteiger charge is 2.39. The molecular weight excluding hydrogens is 821 g/mol. The number of ether oxygens (including phenoxy) is 2. The molecule has 3 N–H and O–H groups in total. The van der Waals surface area contributed by atoms with Crippen LogP contribution in [0.2, 0.25) is 5.02 Å². The monoisotopic (exact) mass is 876 g/mol. The number of nitrogens with two attached hydrogens (primary N) is 1. The Labute approximate surface area is 359 Å². The highest BCUT2D eigenvalue weighted by molar-refractivity contribution is 6.33. The Morgan fingerprint density at radius 2 is 1.59 bits per heavy atom. The van der Waals surface area contributed by atoms with Gasteiger partial charge in [0.2, 0.25) is 5.91 Å². The van der Waals surface area contributed by atoms with E-state index in [9.17, 15) is 37.1 Å². The van der Waals surface area contributed by atoms with E-state index in [1.807, 2.05) is 43.0 Å². The van der Waals surface area contributed by atoms with Gasteiger partial charge in [-0.25, -0.2) is 9.59 Å². The van der Waals surface area contributed by atoms with Crippen LogP contribution in [0.15, 0.2) is 36.4 Å². The van der Waals surface area contributed by atoms with Crippen LogP contribution in [0.1, 0.15) is 56.2 Å². The van der Waals surface area contributed by atoms with Crippen LogP contribution in [0, 0.1) is 0 Å². The van der Waals surface area contributed by atoms with Gasteiger partial charge in [0.25, 0.3) is 5.91 Å². The number of aldehydes is 1. The van der Waals surface area contributed by atoms with Gasteiger partial charge in [-0.2, -0.15) is 13.2 Å². The number of carbonyl (C=O) groups excluding carboxylic acids is 5. The Morgan fingerprint density at radius 3 is 2.23 bits per heavy atom. The second-order valence-electron chi connectivity index (χ2n) is 15.9. The molecule has 2 atom stereocenters. The Balaban J connectivity index is 1.06. The number of hydrogen-bond acceptors (Lipinski definition) is 10. The van der Waals surface area contributed by atoms with E-state index in [0.717, 1.165) is 30.2 Å². The molecule has 0 aromatic heterocycles. The van der Waals surface area contributed by atoms with E-state index in [2.05, 4.69) is 10.2 Å². The average molecular weight is 877 g/mol. The maximum atomic E-state index is 14.2. The minimum atomic E-state index is -4.81. The predicted molar refractivity (Wildman–Crippen MR) is 222 cm³/mol. The zero-order valence-electron chi connectivity index (χ0n) is 34.7. The normalized spacial score (nSPS) is 19.7. The molecule has 4 aliphatic rings. The number of likely N-dealkylation sites (tertiary alicyclic amines) is 2. The van der Waals surface area contributed by atoms with E-state index in [4.69, 9.17) is 26.8 Å². The molecule has 3 saturated heterocycles. The number of hydrogen-bond donors (Lipinski definition) is 2. The molecule has 4 aliphatic heterocycles. The van der Waals surface area contributed by atoms with Crippen molar-refractivity contribution in [1.82, 2.24) is 29.4 Å². The number of rotatable bonds is 13. The van der Waals surface area contributed by atoms with Crippen LogP contribution in [0.4, 0.5) is 34.1 Å². The first-order valence-electron chi connectivity index (χ1n) is 21.1. The van der Waals surface area contributed by atoms with Crippen LogP contribution >= 0.6 is 11.6 Å². The summed E-state index contributed by atoms with van der Waals surface area (Å²) in [5.74, 6) is -0.711. The summed E-state index contributed by atoms with van der Waals surface area (Å²) in [5.41, 5.74) is 5.75. The van der Waals surface area contributed by atoms with Crippen LogP contribution in [-0.4, -0.2) is 163 Å². The largest absolute Gasteiger partial charge is 0.436 e. The summed E-state index contributed by atoms with van der Waals surface area (Å²) < 4.78 is 53.4. The molecule has 0 radical (unpaired) electrons. The van der Waals surface area contributed by atoms with Crippen molar-refractivity contribution in [2.45, 2.75) is 83.0 Å². The number of halogens is 4. The molecular formula is C42H56ClF3N8O7. The van der Waals surface area contributed by atoms with E-state index < -0.39 is 41.8 Å². The molecule has 6 rings (SSSR count). The quantitative estimate of drug-likeness (QED) is 0.216. The lowest BCUT2D eigenvalue weighted by Crippen LogP contribution is -2.57. The topological polar surface area (TPSA) is 161 Å². The van der Waals surface area contributed by atoms with Gasteiger partial charge in [0.05, 0.1) is 16.3 Å². The van der Waals surface area contributed by atoms with Gasteiger partial charge >= 0.3 is 18.3 Å². The maximum absolute atomic E-state index is 14.2. The van der Waals surface area contributed by atoms with Gasteiger partial charge in [0.15, 0.2) is 18.6 Å². The fourth-order valence-electron chi connectivity index (χ4n) is 8.79. The molecule has 0 bridgehead atoms. The van der Waals surface area contributed by atoms with Gasteiger partial charge in [0, 0.05) is 96.2 Å². The molecule has 334 valence electrons. The van der Waals surface area contributed by atoms with Crippen molar-refractivity contribution in [2.75, 3.05) is 89.6 Å². The lowest BCUT2D eigenvalue weighted by molar-refractivity contribution is -0.149. The minimum Gasteiger partial charge on any atom is -0.436 e. The number of benzene rings is 2. The first-order valence-corrected chi connectivity index (χ1v) is 21.5. The molecule has 0 spiro atoms. The van der Waals surface area contributed by atoms with E-state index in [1.54, 1.807) is 14.7 Å². The molecule has 5 amide bonds. The van der Waals surface area contributed by atoms with Crippen molar-refractivity contribution in [3.05, 3.63) is 58.1 Å². The van der Waals surface area contributed by atoms with Crippen molar-refractivity contribution in [2.24, 2.45) is 0 Å². The number of para-hydroxylation sites is 1. The molecule has 3 fully saturated rings. The highest BCUT2D eigenvalue weighted by Crippen LogP contribution is 2.38. The van der Waals surface area contributed by atoms with Crippen LogP contribution in [0.25, 0.3) is 0 Å². The fraction of sp³-hybridized carbons (Fsp3) is 0.595. The molecule has 4 heterocycles. The van der Waals surface area contributed by atoms with Crippen LogP contribution in [-0.2, 0) is 42.9 Å². The zero-order chi connectivity index (χ0) is 43.8. The Bertz CT molecular complexity index is 1880. The molecule has 0 aliphatic carbocycles. The third kappa shape index (κ3) is 11.2. The van der Waals surface area contributed by atoms with Crippen molar-refractivity contribution in [1.29, 1.82) is 0 Å². The van der Waals surface area contributed by atoms with Crippen molar-refractivity contribution >= 4 is 53.2 Å². The first kappa shape index (κ1) is 45.9. The Morgan fingerprint density at radius 1 is 0.934 bits per heavy atom. The number of fused-ring (bicyclic) bond motifs is 1. The van der Waals surface area contributed by atoms with Gasteiger partial charge in [-0.3, -0.25) is 24.2 Å². The first-order chi connectivity index (χ1) is 29.2. The van der Waals surface area contributed by atoms with Gasteiger partial charge in [-0.15, -0.1) is 0 Å². The average Bonchev–Trinajstić information content (AvgIpc) is 3.42. The summed E-state index contributed by atoms with van der Waals surface area (Å²) >= 11 is 6.15. The van der Waals surface area contributed by atoms with E-state index in [-0.39, 0.29) is 60.7 Å². The second kappa shape index (κ2) is 20.5. The summed E-state index contributed by atoms with van der Waals surface area (Å²) in [4.78, 5) is 76.0. The molecule has 0 saturated carbocycles. The van der Waals surface area contributed by atoms with E-state index in [1.165, 1.54) is 11.0 Å². The third-order valence-electron chi connectivity index (χ3n) is 12.4. The number of anilines is 2. The predicted octanol–water partition coefficient (Wildman–Crippen LogP) is 4.56. The Kier molecular flexibility index (Phi) is 15.4. The molecule has 61 heavy (non-hydrogen) atoms. The summed E-state index contributed by atoms with van der Waals surface area (Å²) in [7, 11) is 0. The van der Waals surface area contributed by atoms with Gasteiger partial charge in [-0.05, 0) is 75.3 Å². The second-order valence-corrected chi connectivity index (χ2v) is 16.3. The van der Waals surface area contributed by atoms with Gasteiger partial charge in [0.1, 0.15) is 6.61 Å². The number of nitrogens with one attached hydrogen (secondary N) is 1. The maximum Gasteiger partial charge on any atom is 0.418 e. The van der Waals surface area contributed by atoms with E-state index in [0.29, 0.717) is 84.5 Å². The number of nitrogens with zero attached hydrogens (tertiary/aromatic N) is 6. The smallest absolute Gasteiger partial charge is 0.418 e. The number of likely N-dealkylation sites (N-methyl/N-ethyl adjacent to an activating group) is 1. The number of nitrogen functional groups attached to an aromatic ring is 1. The number of urea groups is 1. The number of amides is 5. The number of alkyl halides is 3. The van der Waals surface area contributed by atoms with E-state index >= 15 is 0 Å². The Hall–Kier alpha value is -4.65. The fourth-order valence-corrected chi connectivity index (χ4v) is 9.03. The summed E-state index contributed by atoms with van der Waals surface area (Å²) in [5, 5.41) is 2.65. The van der Waals surface area contributed by atoms with Crippen molar-refractivity contribution in [3.8, 4) is 0 Å². The number of piperazine rings is 1. The van der Waals surface area contributed by atoms with Crippen molar-refractivity contribution in [3.63, 3.8) is 0 Å². The van der Waals surface area contributed by atoms with Crippen LogP contribution < -0.4 is 11.1 Å². The lowest BCUT2D eigenvalue weighted by Gasteiger charge is -2.44. The zero-order valence-corrected chi connectivity index (χ0v) is 35.5. The molecule has 19 heteroatoms. The summed E-state index contributed by atoms with van der Waals surface area (Å²) in [6, 6.07) is 9.55. The lowest BCUT2D eigenvalue weighted by atomic mass is 10.0. The van der Waals surface area contributed by atoms with Crippen LogP contribution in [0.5, 0.6) is 0 Å². The molecule has 2 aromatic rings. The summed E-state index contributed by atoms with van der Waals surface area (Å²) in [6.07, 6.45) is -4.43. The van der Waals surface area contributed by atoms with Gasteiger partial charge in [-0.1, -0.05) is 29.8 Å². The molecule has 2 aromatic carbocycles.